The average molecular weight is 502 g/mol. The SMILES string of the molecule is CCOCCCn1c(SCc2ccc(C)cc2)nc2cc(S(=O)(=O)N3CCC[C@@H](C)C3)ccc21. The maximum Gasteiger partial charge on any atom is 0.243 e. The van der Waals surface area contributed by atoms with Crippen molar-refractivity contribution < 1.29 is 13.2 Å². The lowest BCUT2D eigenvalue weighted by atomic mass is 10.0. The third-order valence-electron chi connectivity index (χ3n) is 6.31. The van der Waals surface area contributed by atoms with Gasteiger partial charge in [0, 0.05) is 38.6 Å². The van der Waals surface area contributed by atoms with Crippen LogP contribution in [-0.2, 0) is 27.1 Å². The van der Waals surface area contributed by atoms with Crippen LogP contribution in [0.2, 0.25) is 0 Å². The van der Waals surface area contributed by atoms with Crippen LogP contribution in [0.1, 0.15) is 44.2 Å². The van der Waals surface area contributed by atoms with Crippen LogP contribution in [-0.4, -0.2) is 48.6 Å². The highest BCUT2D eigenvalue weighted by molar-refractivity contribution is 7.98. The molecule has 0 amide bonds. The highest BCUT2D eigenvalue weighted by Crippen LogP contribution is 2.30. The molecule has 1 atom stereocenters. The van der Waals surface area contributed by atoms with Gasteiger partial charge in [0.2, 0.25) is 10.0 Å². The minimum atomic E-state index is -3.52. The monoisotopic (exact) mass is 501 g/mol. The minimum absolute atomic E-state index is 0.336. The van der Waals surface area contributed by atoms with Gasteiger partial charge >= 0.3 is 0 Å². The van der Waals surface area contributed by atoms with Gasteiger partial charge in [-0.3, -0.25) is 0 Å². The number of fused-ring (bicyclic) bond motifs is 1. The molecule has 184 valence electrons. The Morgan fingerprint density at radius 3 is 2.71 bits per heavy atom. The molecule has 2 heterocycles. The van der Waals surface area contributed by atoms with Gasteiger partial charge in [-0.15, -0.1) is 0 Å². The van der Waals surface area contributed by atoms with Gasteiger partial charge in [-0.1, -0.05) is 48.5 Å². The minimum Gasteiger partial charge on any atom is -0.382 e. The van der Waals surface area contributed by atoms with Gasteiger partial charge in [0.15, 0.2) is 5.16 Å². The summed E-state index contributed by atoms with van der Waals surface area (Å²) in [4.78, 5) is 5.22. The van der Waals surface area contributed by atoms with Crippen LogP contribution >= 0.6 is 11.8 Å². The van der Waals surface area contributed by atoms with E-state index in [1.165, 1.54) is 11.1 Å². The Bertz CT molecular complexity index is 1210. The quantitative estimate of drug-likeness (QED) is 0.272. The van der Waals surface area contributed by atoms with Crippen molar-refractivity contribution >= 4 is 32.8 Å². The molecule has 6 nitrogen and oxygen atoms in total. The average Bonchev–Trinajstić information content (AvgIpc) is 3.18. The molecule has 0 unspecified atom stereocenters. The summed E-state index contributed by atoms with van der Waals surface area (Å²) in [6.45, 7) is 9.56. The van der Waals surface area contributed by atoms with Crippen molar-refractivity contribution in [1.82, 2.24) is 13.9 Å². The molecule has 0 spiro atoms. The predicted molar refractivity (Wildman–Crippen MR) is 139 cm³/mol. The zero-order valence-electron chi connectivity index (χ0n) is 20.4. The van der Waals surface area contributed by atoms with Crippen molar-refractivity contribution in [1.29, 1.82) is 0 Å². The van der Waals surface area contributed by atoms with Gasteiger partial charge in [-0.2, -0.15) is 4.31 Å². The number of aromatic nitrogens is 2. The number of imidazole rings is 1. The molecule has 4 rings (SSSR count). The summed E-state index contributed by atoms with van der Waals surface area (Å²) < 4.78 is 36.0. The number of piperidine rings is 1. The van der Waals surface area contributed by atoms with Gasteiger partial charge in [0.05, 0.1) is 15.9 Å². The maximum atomic E-state index is 13.3. The second kappa shape index (κ2) is 11.2. The molecule has 1 saturated heterocycles. The molecule has 34 heavy (non-hydrogen) atoms. The third-order valence-corrected chi connectivity index (χ3v) is 9.21. The number of benzene rings is 2. The first-order chi connectivity index (χ1) is 16.4. The lowest BCUT2D eigenvalue weighted by molar-refractivity contribution is 0.141. The summed E-state index contributed by atoms with van der Waals surface area (Å²) >= 11 is 1.69. The fraction of sp³-hybridized carbons (Fsp3) is 0.500. The second-order valence-electron chi connectivity index (χ2n) is 9.13. The highest BCUT2D eigenvalue weighted by atomic mass is 32.2. The first-order valence-electron chi connectivity index (χ1n) is 12.1. The summed E-state index contributed by atoms with van der Waals surface area (Å²) in [5, 5.41) is 0.910. The van der Waals surface area contributed by atoms with Crippen molar-refractivity contribution in [2.45, 2.75) is 62.4 Å². The molecule has 1 aliphatic rings. The van der Waals surface area contributed by atoms with Crippen molar-refractivity contribution in [3.8, 4) is 0 Å². The first kappa shape index (κ1) is 25.2. The number of aryl methyl sites for hydroxylation is 2. The number of hydrogen-bond acceptors (Lipinski definition) is 5. The number of thioether (sulfide) groups is 1. The van der Waals surface area contributed by atoms with Gasteiger partial charge in [-0.05, 0) is 62.8 Å². The van der Waals surface area contributed by atoms with Gasteiger partial charge in [0.1, 0.15) is 0 Å². The summed E-state index contributed by atoms with van der Waals surface area (Å²) in [6, 6.07) is 14.0. The summed E-state index contributed by atoms with van der Waals surface area (Å²) in [5.41, 5.74) is 4.18. The van der Waals surface area contributed by atoms with Crippen LogP contribution in [0.5, 0.6) is 0 Å². The normalized spacial score (nSPS) is 17.4. The van der Waals surface area contributed by atoms with Crippen molar-refractivity contribution in [3.63, 3.8) is 0 Å². The lowest BCUT2D eigenvalue weighted by Gasteiger charge is -2.30. The molecule has 0 bridgehead atoms. The van der Waals surface area contributed by atoms with Crippen LogP contribution in [0.15, 0.2) is 52.5 Å². The van der Waals surface area contributed by atoms with Crippen molar-refractivity contribution in [2.24, 2.45) is 5.92 Å². The fourth-order valence-electron chi connectivity index (χ4n) is 4.39. The van der Waals surface area contributed by atoms with Crippen LogP contribution in [0.25, 0.3) is 11.0 Å². The van der Waals surface area contributed by atoms with E-state index in [1.54, 1.807) is 28.2 Å². The summed E-state index contributed by atoms with van der Waals surface area (Å²) in [5.74, 6) is 1.20. The molecular weight excluding hydrogens is 466 g/mol. The number of hydrogen-bond donors (Lipinski definition) is 0. The topological polar surface area (TPSA) is 64.4 Å². The molecule has 1 aromatic heterocycles. The molecule has 1 fully saturated rings. The number of ether oxygens (including phenoxy) is 1. The Morgan fingerprint density at radius 2 is 1.97 bits per heavy atom. The maximum absolute atomic E-state index is 13.3. The summed E-state index contributed by atoms with van der Waals surface area (Å²) in [7, 11) is -3.52. The lowest BCUT2D eigenvalue weighted by Crippen LogP contribution is -2.39. The smallest absolute Gasteiger partial charge is 0.243 e. The van der Waals surface area contributed by atoms with E-state index in [9.17, 15) is 8.42 Å². The molecule has 1 aliphatic heterocycles. The van der Waals surface area contributed by atoms with Crippen molar-refractivity contribution in [3.05, 3.63) is 53.6 Å². The van der Waals surface area contributed by atoms with Crippen LogP contribution in [0, 0.1) is 12.8 Å². The van der Waals surface area contributed by atoms with E-state index in [0.717, 1.165) is 47.7 Å². The van der Waals surface area contributed by atoms with Crippen LogP contribution < -0.4 is 0 Å². The van der Waals surface area contributed by atoms with E-state index < -0.39 is 10.0 Å². The van der Waals surface area contributed by atoms with E-state index in [0.29, 0.717) is 37.1 Å². The standard InChI is InChI=1S/C26H35N3O3S2/c1-4-32-16-6-15-29-25-13-12-23(34(30,31)28-14-5-7-21(3)18-28)17-24(25)27-26(29)33-19-22-10-8-20(2)9-11-22/h8-13,17,21H,4-7,14-16,18-19H2,1-3H3/t21-/m1/s1. The van der Waals surface area contributed by atoms with E-state index >= 15 is 0 Å². The summed E-state index contributed by atoms with van der Waals surface area (Å²) in [6.07, 6.45) is 2.87. The Labute approximate surface area is 207 Å². The Morgan fingerprint density at radius 1 is 1.18 bits per heavy atom. The number of nitrogens with zero attached hydrogens (tertiary/aromatic N) is 3. The molecule has 3 aromatic rings. The fourth-order valence-corrected chi connectivity index (χ4v) is 7.00. The Kier molecular flexibility index (Phi) is 8.34. The molecule has 8 heteroatoms. The van der Waals surface area contributed by atoms with Gasteiger partial charge < -0.3 is 9.30 Å². The van der Waals surface area contributed by atoms with Gasteiger partial charge in [0.25, 0.3) is 0 Å². The number of sulfonamides is 1. The predicted octanol–water partition coefficient (Wildman–Crippen LogP) is 5.48. The van der Waals surface area contributed by atoms with E-state index in [1.807, 2.05) is 13.0 Å². The first-order valence-corrected chi connectivity index (χ1v) is 14.6. The van der Waals surface area contributed by atoms with Crippen LogP contribution in [0.3, 0.4) is 0 Å². The molecule has 0 N–H and O–H groups in total. The molecular formula is C26H35N3O3S2. The zero-order chi connectivity index (χ0) is 24.1. The highest BCUT2D eigenvalue weighted by Gasteiger charge is 2.29. The second-order valence-corrected chi connectivity index (χ2v) is 12.0. The van der Waals surface area contributed by atoms with E-state index in [2.05, 4.69) is 42.7 Å². The van der Waals surface area contributed by atoms with Gasteiger partial charge in [-0.25, -0.2) is 13.4 Å². The van der Waals surface area contributed by atoms with E-state index in [4.69, 9.17) is 9.72 Å². The largest absolute Gasteiger partial charge is 0.382 e. The Hall–Kier alpha value is -1.87. The molecule has 2 aromatic carbocycles. The molecule has 0 aliphatic carbocycles. The molecule has 0 radical (unpaired) electrons. The number of rotatable bonds is 10. The third kappa shape index (κ3) is 5.85. The Balaban J connectivity index is 1.62. The van der Waals surface area contributed by atoms with Crippen LogP contribution in [0.4, 0.5) is 0 Å². The zero-order valence-corrected chi connectivity index (χ0v) is 22.0. The van der Waals surface area contributed by atoms with Crippen molar-refractivity contribution in [2.75, 3.05) is 26.3 Å². The molecule has 0 saturated carbocycles. The van der Waals surface area contributed by atoms with E-state index in [-0.39, 0.29) is 0 Å².